The molecule has 0 bridgehead atoms. The molecule has 120 valence electrons. The van der Waals surface area contributed by atoms with Crippen LogP contribution in [0.4, 0.5) is 0 Å². The molecule has 2 rings (SSSR count). The minimum atomic E-state index is -1.72. The Balaban J connectivity index is 2.28. The lowest BCUT2D eigenvalue weighted by molar-refractivity contribution is -0.153. The number of benzene rings is 1. The fourth-order valence-corrected chi connectivity index (χ4v) is 2.83. The average Bonchev–Trinajstić information content (AvgIpc) is 3.08. The molecule has 0 saturated carbocycles. The highest BCUT2D eigenvalue weighted by Gasteiger charge is 2.78. The highest BCUT2D eigenvalue weighted by molar-refractivity contribution is 6.10. The summed E-state index contributed by atoms with van der Waals surface area (Å²) in [4.78, 5) is 23.9. The third kappa shape index (κ3) is 2.50. The van der Waals surface area contributed by atoms with Crippen molar-refractivity contribution in [3.05, 3.63) is 35.4 Å². The molecule has 1 aliphatic rings. The van der Waals surface area contributed by atoms with E-state index in [0.29, 0.717) is 5.92 Å². The molecule has 2 atom stereocenters. The van der Waals surface area contributed by atoms with Gasteiger partial charge in [0, 0.05) is 0 Å². The first-order valence-corrected chi connectivity index (χ1v) is 7.54. The summed E-state index contributed by atoms with van der Waals surface area (Å²) in [6.07, 6.45) is 0.969. The summed E-state index contributed by atoms with van der Waals surface area (Å²) in [6.45, 7) is 7.83. The van der Waals surface area contributed by atoms with Crippen LogP contribution >= 0.6 is 0 Å². The topological polar surface area (TPSA) is 81.9 Å². The van der Waals surface area contributed by atoms with Crippen LogP contribution in [0.3, 0.4) is 0 Å². The van der Waals surface area contributed by atoms with Crippen LogP contribution in [0.1, 0.15) is 38.8 Å². The lowest BCUT2D eigenvalue weighted by Gasteiger charge is -2.14. The number of ether oxygens (including phenoxy) is 2. The third-order valence-corrected chi connectivity index (χ3v) is 4.05. The van der Waals surface area contributed by atoms with Crippen LogP contribution in [0, 0.1) is 5.92 Å². The molecular formula is C17H23NO4. The van der Waals surface area contributed by atoms with E-state index in [0.717, 1.165) is 12.0 Å². The van der Waals surface area contributed by atoms with Gasteiger partial charge in [-0.2, -0.15) is 0 Å². The average molecular weight is 305 g/mol. The van der Waals surface area contributed by atoms with Gasteiger partial charge in [0.05, 0.1) is 6.61 Å². The van der Waals surface area contributed by atoms with Crippen LogP contribution in [-0.2, 0) is 31.1 Å². The summed E-state index contributed by atoms with van der Waals surface area (Å²) < 4.78 is 10.5. The molecule has 22 heavy (non-hydrogen) atoms. The van der Waals surface area contributed by atoms with E-state index in [4.69, 9.17) is 15.2 Å². The SMILES string of the molecule is CCOC(=O)C1(C(N)=O)OC1(C)c1ccc(CC(C)C)cc1. The van der Waals surface area contributed by atoms with E-state index in [1.54, 1.807) is 13.8 Å². The third-order valence-electron chi connectivity index (χ3n) is 4.05. The van der Waals surface area contributed by atoms with Gasteiger partial charge in [-0.05, 0) is 37.3 Å². The van der Waals surface area contributed by atoms with Crippen molar-refractivity contribution in [2.75, 3.05) is 6.61 Å². The second-order valence-electron chi connectivity index (χ2n) is 6.20. The van der Waals surface area contributed by atoms with Crippen LogP contribution in [-0.4, -0.2) is 24.1 Å². The first-order valence-electron chi connectivity index (χ1n) is 7.54. The molecule has 0 aliphatic carbocycles. The van der Waals surface area contributed by atoms with Crippen LogP contribution in [0.2, 0.25) is 0 Å². The molecule has 0 aromatic heterocycles. The Labute approximate surface area is 130 Å². The summed E-state index contributed by atoms with van der Waals surface area (Å²) in [6, 6.07) is 7.72. The fraction of sp³-hybridized carbons (Fsp3) is 0.529. The van der Waals surface area contributed by atoms with Crippen molar-refractivity contribution in [3.63, 3.8) is 0 Å². The molecule has 5 nitrogen and oxygen atoms in total. The lowest BCUT2D eigenvalue weighted by atomic mass is 9.86. The molecule has 1 saturated heterocycles. The first-order chi connectivity index (χ1) is 10.3. The summed E-state index contributed by atoms with van der Waals surface area (Å²) >= 11 is 0. The monoisotopic (exact) mass is 305 g/mol. The Kier molecular flexibility index (Phi) is 4.29. The molecule has 0 radical (unpaired) electrons. The number of epoxide rings is 1. The van der Waals surface area contributed by atoms with Crippen LogP contribution in [0.15, 0.2) is 24.3 Å². The molecule has 1 aliphatic heterocycles. The fourth-order valence-electron chi connectivity index (χ4n) is 2.83. The van der Waals surface area contributed by atoms with E-state index in [1.165, 1.54) is 5.56 Å². The maximum Gasteiger partial charge on any atom is 0.351 e. The van der Waals surface area contributed by atoms with E-state index in [-0.39, 0.29) is 6.61 Å². The van der Waals surface area contributed by atoms with Gasteiger partial charge in [-0.1, -0.05) is 38.1 Å². The zero-order chi connectivity index (χ0) is 16.5. The second kappa shape index (κ2) is 5.72. The Morgan fingerprint density at radius 3 is 2.32 bits per heavy atom. The number of hydrogen-bond donors (Lipinski definition) is 1. The predicted octanol–water partition coefficient (Wildman–Crippen LogP) is 1.92. The van der Waals surface area contributed by atoms with Gasteiger partial charge in [-0.15, -0.1) is 0 Å². The number of nitrogens with two attached hydrogens (primary N) is 1. The highest BCUT2D eigenvalue weighted by Crippen LogP contribution is 2.56. The van der Waals surface area contributed by atoms with Gasteiger partial charge in [-0.3, -0.25) is 4.79 Å². The summed E-state index contributed by atoms with van der Waals surface area (Å²) in [5.41, 5.74) is 4.56. The van der Waals surface area contributed by atoms with Crippen molar-refractivity contribution in [3.8, 4) is 0 Å². The van der Waals surface area contributed by atoms with E-state index in [2.05, 4.69) is 13.8 Å². The van der Waals surface area contributed by atoms with Crippen molar-refractivity contribution in [1.82, 2.24) is 0 Å². The van der Waals surface area contributed by atoms with Crippen LogP contribution < -0.4 is 5.73 Å². The van der Waals surface area contributed by atoms with Gasteiger partial charge in [-0.25, -0.2) is 4.79 Å². The normalized spacial score (nSPS) is 26.8. The molecule has 2 unspecified atom stereocenters. The maximum atomic E-state index is 12.1. The van der Waals surface area contributed by atoms with E-state index in [9.17, 15) is 9.59 Å². The zero-order valence-corrected chi connectivity index (χ0v) is 13.5. The molecule has 1 aromatic carbocycles. The summed E-state index contributed by atoms with van der Waals surface area (Å²) in [7, 11) is 0. The Hall–Kier alpha value is -1.88. The molecule has 2 N–H and O–H groups in total. The number of hydrogen-bond acceptors (Lipinski definition) is 4. The second-order valence-corrected chi connectivity index (χ2v) is 6.20. The van der Waals surface area contributed by atoms with Gasteiger partial charge in [0.15, 0.2) is 0 Å². The van der Waals surface area contributed by atoms with Gasteiger partial charge in [0.1, 0.15) is 5.60 Å². The van der Waals surface area contributed by atoms with E-state index in [1.807, 2.05) is 24.3 Å². The quantitative estimate of drug-likeness (QED) is 0.494. The largest absolute Gasteiger partial charge is 0.463 e. The number of esters is 1. The summed E-state index contributed by atoms with van der Waals surface area (Å²) in [5.74, 6) is -0.987. The number of rotatable bonds is 6. The number of amides is 1. The number of carbonyl (C=O) groups excluding carboxylic acids is 2. The van der Waals surface area contributed by atoms with Gasteiger partial charge >= 0.3 is 5.97 Å². The highest BCUT2D eigenvalue weighted by atomic mass is 16.7. The Morgan fingerprint density at radius 1 is 1.27 bits per heavy atom. The molecule has 1 amide bonds. The minimum absolute atomic E-state index is 0.167. The molecule has 1 fully saturated rings. The van der Waals surface area contributed by atoms with Crippen molar-refractivity contribution in [2.45, 2.75) is 45.3 Å². The van der Waals surface area contributed by atoms with Crippen molar-refractivity contribution >= 4 is 11.9 Å². The zero-order valence-electron chi connectivity index (χ0n) is 13.5. The van der Waals surface area contributed by atoms with Crippen LogP contribution in [0.5, 0.6) is 0 Å². The van der Waals surface area contributed by atoms with E-state index < -0.39 is 23.1 Å². The molecule has 1 aromatic rings. The Bertz CT molecular complexity index is 581. The van der Waals surface area contributed by atoms with Crippen molar-refractivity contribution < 1.29 is 19.1 Å². The van der Waals surface area contributed by atoms with Crippen LogP contribution in [0.25, 0.3) is 0 Å². The minimum Gasteiger partial charge on any atom is -0.463 e. The number of primary amides is 1. The van der Waals surface area contributed by atoms with Gasteiger partial charge in [0.25, 0.3) is 11.5 Å². The number of carbonyl (C=O) groups is 2. The molecule has 5 heteroatoms. The standard InChI is InChI=1S/C17H23NO4/c1-5-21-15(20)17(14(18)19)16(4,22-17)13-8-6-12(7-9-13)10-11(2)3/h6-9,11H,5,10H2,1-4H3,(H2,18,19). The maximum absolute atomic E-state index is 12.1. The lowest BCUT2D eigenvalue weighted by Crippen LogP contribution is -2.45. The predicted molar refractivity (Wildman–Crippen MR) is 82.0 cm³/mol. The molecule has 0 spiro atoms. The summed E-state index contributed by atoms with van der Waals surface area (Å²) in [5, 5.41) is 0. The van der Waals surface area contributed by atoms with Gasteiger partial charge < -0.3 is 15.2 Å². The van der Waals surface area contributed by atoms with E-state index >= 15 is 0 Å². The Morgan fingerprint density at radius 2 is 1.86 bits per heavy atom. The molecule has 1 heterocycles. The van der Waals surface area contributed by atoms with Crippen molar-refractivity contribution in [2.24, 2.45) is 11.7 Å². The first kappa shape index (κ1) is 16.5. The van der Waals surface area contributed by atoms with Crippen molar-refractivity contribution in [1.29, 1.82) is 0 Å². The smallest absolute Gasteiger partial charge is 0.351 e. The molecular weight excluding hydrogens is 282 g/mol. The van der Waals surface area contributed by atoms with Gasteiger partial charge in [0.2, 0.25) is 0 Å².